The maximum Gasteiger partial charge on any atom is 0.236 e. The quantitative estimate of drug-likeness (QED) is 0.585. The fourth-order valence-corrected chi connectivity index (χ4v) is 1.92. The fourth-order valence-electron chi connectivity index (χ4n) is 1.92. The van der Waals surface area contributed by atoms with Crippen LogP contribution < -0.4 is 25.3 Å². The van der Waals surface area contributed by atoms with Crippen LogP contribution in [0.3, 0.4) is 0 Å². The molecule has 0 amide bonds. The number of ether oxygens (including phenoxy) is 3. The third-order valence-electron chi connectivity index (χ3n) is 3.18. The SMILES string of the molecule is COc1ccc(CCN=C(N)Nc2nc(OC)cc(OC)n2)cc1. The largest absolute Gasteiger partial charge is 0.497 e. The van der Waals surface area contributed by atoms with Crippen LogP contribution in [0.5, 0.6) is 17.5 Å². The Morgan fingerprint density at radius 3 is 2.21 bits per heavy atom. The molecule has 0 fully saturated rings. The Bertz CT molecular complexity index is 666. The van der Waals surface area contributed by atoms with Crippen LogP contribution in [0.15, 0.2) is 35.3 Å². The van der Waals surface area contributed by atoms with E-state index in [1.165, 1.54) is 14.2 Å². The molecule has 0 atom stereocenters. The highest BCUT2D eigenvalue weighted by molar-refractivity contribution is 5.90. The molecule has 0 saturated carbocycles. The summed E-state index contributed by atoms with van der Waals surface area (Å²) in [6, 6.07) is 9.39. The van der Waals surface area contributed by atoms with Crippen LogP contribution >= 0.6 is 0 Å². The molecule has 0 aliphatic carbocycles. The van der Waals surface area contributed by atoms with E-state index in [4.69, 9.17) is 19.9 Å². The van der Waals surface area contributed by atoms with Gasteiger partial charge in [-0.25, -0.2) is 0 Å². The first-order valence-electron chi connectivity index (χ1n) is 7.31. The van der Waals surface area contributed by atoms with Gasteiger partial charge >= 0.3 is 0 Å². The summed E-state index contributed by atoms with van der Waals surface area (Å²) < 4.78 is 15.3. The summed E-state index contributed by atoms with van der Waals surface area (Å²) in [5.41, 5.74) is 7.00. The second-order valence-electron chi connectivity index (χ2n) is 4.77. The van der Waals surface area contributed by atoms with Gasteiger partial charge in [0, 0.05) is 6.54 Å². The summed E-state index contributed by atoms with van der Waals surface area (Å²) in [5.74, 6) is 2.05. The lowest BCUT2D eigenvalue weighted by Gasteiger charge is -2.08. The molecule has 3 N–H and O–H groups in total. The van der Waals surface area contributed by atoms with E-state index in [1.807, 2.05) is 24.3 Å². The molecule has 24 heavy (non-hydrogen) atoms. The molecule has 0 bridgehead atoms. The number of rotatable bonds is 7. The van der Waals surface area contributed by atoms with Crippen LogP contribution in [0.1, 0.15) is 5.56 Å². The number of hydrogen-bond donors (Lipinski definition) is 2. The molecule has 128 valence electrons. The zero-order valence-electron chi connectivity index (χ0n) is 13.9. The number of nitrogens with two attached hydrogens (primary N) is 1. The fraction of sp³-hybridized carbons (Fsp3) is 0.312. The van der Waals surface area contributed by atoms with Crippen molar-refractivity contribution < 1.29 is 14.2 Å². The zero-order chi connectivity index (χ0) is 17.4. The summed E-state index contributed by atoms with van der Waals surface area (Å²) in [4.78, 5) is 12.5. The Morgan fingerprint density at radius 2 is 1.67 bits per heavy atom. The number of nitrogens with zero attached hydrogens (tertiary/aromatic N) is 3. The van der Waals surface area contributed by atoms with Crippen molar-refractivity contribution in [2.24, 2.45) is 10.7 Å². The lowest BCUT2D eigenvalue weighted by atomic mass is 10.1. The molecule has 1 heterocycles. The second-order valence-corrected chi connectivity index (χ2v) is 4.77. The predicted molar refractivity (Wildman–Crippen MR) is 91.9 cm³/mol. The van der Waals surface area contributed by atoms with Crippen molar-refractivity contribution in [1.29, 1.82) is 0 Å². The van der Waals surface area contributed by atoms with E-state index in [1.54, 1.807) is 13.2 Å². The molecule has 1 aromatic heterocycles. The van der Waals surface area contributed by atoms with Crippen molar-refractivity contribution in [2.75, 3.05) is 33.2 Å². The Balaban J connectivity index is 1.93. The average molecular weight is 331 g/mol. The number of nitrogens with one attached hydrogen (secondary N) is 1. The highest BCUT2D eigenvalue weighted by Gasteiger charge is 2.06. The Hall–Kier alpha value is -3.03. The van der Waals surface area contributed by atoms with E-state index in [0.29, 0.717) is 18.3 Å². The number of hydrogen-bond acceptors (Lipinski definition) is 6. The molecule has 0 saturated heterocycles. The van der Waals surface area contributed by atoms with Gasteiger partial charge in [-0.15, -0.1) is 0 Å². The van der Waals surface area contributed by atoms with Gasteiger partial charge < -0.3 is 19.9 Å². The summed E-state index contributed by atoms with van der Waals surface area (Å²) in [5, 5.41) is 2.82. The number of aliphatic imine (C=N–C) groups is 1. The third kappa shape index (κ3) is 5.01. The molecular formula is C16H21N5O3. The van der Waals surface area contributed by atoms with E-state index in [9.17, 15) is 0 Å². The maximum absolute atomic E-state index is 5.86. The molecule has 0 radical (unpaired) electrons. The number of methoxy groups -OCH3 is 3. The summed E-state index contributed by atoms with van der Waals surface area (Å²) in [6.07, 6.45) is 0.759. The van der Waals surface area contributed by atoms with Gasteiger partial charge in [0.25, 0.3) is 0 Å². The number of guanidine groups is 1. The molecular weight excluding hydrogens is 310 g/mol. The number of aromatic nitrogens is 2. The first-order chi connectivity index (χ1) is 11.6. The van der Waals surface area contributed by atoms with Crippen molar-refractivity contribution in [3.8, 4) is 17.5 Å². The van der Waals surface area contributed by atoms with Crippen molar-refractivity contribution in [3.05, 3.63) is 35.9 Å². The minimum Gasteiger partial charge on any atom is -0.497 e. The van der Waals surface area contributed by atoms with Gasteiger partial charge in [-0.1, -0.05) is 12.1 Å². The molecule has 0 spiro atoms. The first-order valence-corrected chi connectivity index (χ1v) is 7.31. The smallest absolute Gasteiger partial charge is 0.236 e. The molecule has 8 nitrogen and oxygen atoms in total. The Morgan fingerprint density at radius 1 is 1.04 bits per heavy atom. The molecule has 8 heteroatoms. The van der Waals surface area contributed by atoms with Crippen LogP contribution in [-0.4, -0.2) is 43.8 Å². The highest BCUT2D eigenvalue weighted by atomic mass is 16.5. The predicted octanol–water partition coefficient (Wildman–Crippen LogP) is 1.47. The van der Waals surface area contributed by atoms with Crippen LogP contribution in [0, 0.1) is 0 Å². The van der Waals surface area contributed by atoms with Gasteiger partial charge in [0.05, 0.1) is 27.4 Å². The first kappa shape index (κ1) is 17.3. The zero-order valence-corrected chi connectivity index (χ0v) is 13.9. The van der Waals surface area contributed by atoms with E-state index in [-0.39, 0.29) is 11.9 Å². The van der Waals surface area contributed by atoms with Crippen molar-refractivity contribution in [1.82, 2.24) is 9.97 Å². The molecule has 0 aliphatic rings. The van der Waals surface area contributed by atoms with Gasteiger partial charge in [-0.2, -0.15) is 9.97 Å². The maximum atomic E-state index is 5.86. The summed E-state index contributed by atoms with van der Waals surface area (Å²) >= 11 is 0. The van der Waals surface area contributed by atoms with Crippen molar-refractivity contribution in [3.63, 3.8) is 0 Å². The lowest BCUT2D eigenvalue weighted by Crippen LogP contribution is -2.24. The number of benzene rings is 1. The van der Waals surface area contributed by atoms with E-state index < -0.39 is 0 Å². The second kappa shape index (κ2) is 8.56. The molecule has 2 aromatic rings. The van der Waals surface area contributed by atoms with Crippen LogP contribution in [0.25, 0.3) is 0 Å². The monoisotopic (exact) mass is 331 g/mol. The molecule has 1 aromatic carbocycles. The lowest BCUT2D eigenvalue weighted by molar-refractivity contribution is 0.373. The topological polar surface area (TPSA) is 104 Å². The molecule has 0 unspecified atom stereocenters. The minimum atomic E-state index is 0.221. The van der Waals surface area contributed by atoms with Gasteiger partial charge in [0.2, 0.25) is 17.7 Å². The minimum absolute atomic E-state index is 0.221. The Labute approximate surface area is 140 Å². The number of anilines is 1. The van der Waals surface area contributed by atoms with Gasteiger partial charge in [-0.3, -0.25) is 10.3 Å². The van der Waals surface area contributed by atoms with Gasteiger partial charge in [0.15, 0.2) is 5.96 Å². The Kier molecular flexibility index (Phi) is 6.18. The molecule has 2 rings (SSSR count). The average Bonchev–Trinajstić information content (AvgIpc) is 2.61. The van der Waals surface area contributed by atoms with Crippen LogP contribution in [0.4, 0.5) is 5.95 Å². The van der Waals surface area contributed by atoms with Crippen LogP contribution in [0.2, 0.25) is 0 Å². The third-order valence-corrected chi connectivity index (χ3v) is 3.18. The van der Waals surface area contributed by atoms with Crippen molar-refractivity contribution in [2.45, 2.75) is 6.42 Å². The van der Waals surface area contributed by atoms with E-state index >= 15 is 0 Å². The molecule has 0 aliphatic heterocycles. The summed E-state index contributed by atoms with van der Waals surface area (Å²) in [7, 11) is 4.66. The van der Waals surface area contributed by atoms with Crippen molar-refractivity contribution >= 4 is 11.9 Å². The highest BCUT2D eigenvalue weighted by Crippen LogP contribution is 2.17. The normalized spacial score (nSPS) is 11.0. The van der Waals surface area contributed by atoms with E-state index in [0.717, 1.165) is 17.7 Å². The van der Waals surface area contributed by atoms with Crippen LogP contribution in [-0.2, 0) is 6.42 Å². The van der Waals surface area contributed by atoms with Gasteiger partial charge in [0.1, 0.15) is 5.75 Å². The summed E-state index contributed by atoms with van der Waals surface area (Å²) in [6.45, 7) is 0.534. The standard InChI is InChI=1S/C16H21N5O3/c1-22-12-6-4-11(5-7-12)8-9-18-15(17)21-16-19-13(23-2)10-14(20-16)24-3/h4-7,10H,8-9H2,1-3H3,(H3,17,18,19,20,21). The van der Waals surface area contributed by atoms with Gasteiger partial charge in [-0.05, 0) is 24.1 Å². The van der Waals surface area contributed by atoms with E-state index in [2.05, 4.69) is 20.3 Å².